The summed E-state index contributed by atoms with van der Waals surface area (Å²) in [4.78, 5) is 0. The van der Waals surface area contributed by atoms with Crippen LogP contribution in [0.2, 0.25) is 0 Å². The van der Waals surface area contributed by atoms with Crippen LogP contribution in [-0.2, 0) is 0 Å². The van der Waals surface area contributed by atoms with Gasteiger partial charge in [0.1, 0.15) is 0 Å². The number of phenols is 3. The fraction of sp³-hybridized carbons (Fsp3) is 0.111. The van der Waals surface area contributed by atoms with Crippen LogP contribution in [0.4, 0.5) is 0 Å². The molecule has 8 nitrogen and oxygen atoms in total. The quantitative estimate of drug-likeness (QED) is 0.0876. The number of hydrogen-bond acceptors (Lipinski definition) is 8. The Hall–Kier alpha value is -7.41. The van der Waals surface area contributed by atoms with Crippen LogP contribution in [0.15, 0.2) is 194 Å². The Labute approximate surface area is 368 Å². The fourth-order valence-corrected chi connectivity index (χ4v) is 14.3. The maximum atomic E-state index is 10.4. The van der Waals surface area contributed by atoms with Crippen molar-refractivity contribution in [1.29, 1.82) is 0 Å². The summed E-state index contributed by atoms with van der Waals surface area (Å²) in [5.74, 6) is 3.37. The third-order valence-electron chi connectivity index (χ3n) is 11.9. The summed E-state index contributed by atoms with van der Waals surface area (Å²) < 4.78 is 30.8. The molecule has 0 saturated carbocycles. The van der Waals surface area contributed by atoms with E-state index in [1.165, 1.54) is 0 Å². The van der Waals surface area contributed by atoms with Crippen molar-refractivity contribution in [3.63, 3.8) is 0 Å². The molecule has 8 aromatic rings. The van der Waals surface area contributed by atoms with Crippen molar-refractivity contribution in [1.82, 2.24) is 0 Å². The van der Waals surface area contributed by atoms with Crippen molar-refractivity contribution >= 4 is 28.0 Å². The van der Waals surface area contributed by atoms with Crippen LogP contribution >= 0.6 is 6.83 Å². The molecule has 0 heterocycles. The van der Waals surface area contributed by atoms with E-state index in [0.717, 1.165) is 43.5 Å². The van der Waals surface area contributed by atoms with Crippen molar-refractivity contribution in [3.8, 4) is 46.0 Å². The zero-order valence-corrected chi connectivity index (χ0v) is 36.4. The molecular weight excluding hydrogens is 808 g/mol. The molecule has 1 atom stereocenters. The van der Waals surface area contributed by atoms with Gasteiger partial charge in [0.25, 0.3) is 0 Å². The van der Waals surface area contributed by atoms with E-state index in [4.69, 9.17) is 23.5 Å². The number of aromatic hydroxyl groups is 3. The summed E-state index contributed by atoms with van der Waals surface area (Å²) in [6, 6.07) is 62.4. The molecule has 0 aliphatic carbocycles. The third-order valence-corrected chi connectivity index (χ3v) is 17.6. The number of methoxy groups -OCH3 is 4. The standard InChI is InChI=1S/C54H49O8P/c1-58-44-21-29-49(30-22-44)63(50-31-23-45(59-2)24-32-50,51-33-25-46(60-3)26-34-51,52-35-27-47(61-4)28-36-52)62-48-19-11-40(12-20-48)54(39-9-17-43(57)18-10-39)53(37-5-13-41(55)14-6-37)38-7-15-42(56)16-8-38/h5-36,53-57H,1-4H3. The Morgan fingerprint density at radius 2 is 0.492 bits per heavy atom. The first-order valence-corrected chi connectivity index (χ1v) is 22.6. The van der Waals surface area contributed by atoms with E-state index in [2.05, 4.69) is 60.7 Å². The Morgan fingerprint density at radius 1 is 0.286 bits per heavy atom. The van der Waals surface area contributed by atoms with Gasteiger partial charge >= 0.3 is 369 Å². The topological polar surface area (TPSA) is 107 Å². The molecule has 0 amide bonds. The van der Waals surface area contributed by atoms with Gasteiger partial charge in [-0.2, -0.15) is 0 Å². The third kappa shape index (κ3) is 7.86. The van der Waals surface area contributed by atoms with Crippen molar-refractivity contribution in [2.24, 2.45) is 0 Å². The molecular formula is C54H49O8P. The molecule has 1 unspecified atom stereocenters. The van der Waals surface area contributed by atoms with Gasteiger partial charge in [-0.3, -0.25) is 0 Å². The van der Waals surface area contributed by atoms with Crippen LogP contribution in [0.5, 0.6) is 46.0 Å². The number of hydrogen-bond donors (Lipinski definition) is 3. The summed E-state index contributed by atoms with van der Waals surface area (Å²) in [7, 11) is 6.62. The molecule has 0 fully saturated rings. The van der Waals surface area contributed by atoms with E-state index in [0.29, 0.717) is 28.7 Å². The van der Waals surface area contributed by atoms with Gasteiger partial charge in [0.15, 0.2) is 0 Å². The van der Waals surface area contributed by atoms with E-state index in [1.54, 1.807) is 64.8 Å². The molecule has 318 valence electrons. The molecule has 8 rings (SSSR count). The van der Waals surface area contributed by atoms with E-state index in [-0.39, 0.29) is 29.1 Å². The Balaban J connectivity index is 1.40. The van der Waals surface area contributed by atoms with Gasteiger partial charge in [0, 0.05) is 0 Å². The SMILES string of the molecule is COc1ccc(P(Oc2ccc(C(c3ccc(O)cc3)C(c3ccc(O)cc3)c3ccc(O)cc3)cc2)(c2ccc(OC)cc2)(c2ccc(OC)cc2)c2ccc(OC)cc2)cc1. The van der Waals surface area contributed by atoms with Crippen LogP contribution in [0.1, 0.15) is 34.1 Å². The van der Waals surface area contributed by atoms with Gasteiger partial charge < -0.3 is 0 Å². The summed E-state index contributed by atoms with van der Waals surface area (Å²) in [6.07, 6.45) is 0. The summed E-state index contributed by atoms with van der Waals surface area (Å²) in [5.41, 5.74) is 3.85. The molecule has 0 radical (unpaired) electrons. The number of rotatable bonds is 15. The normalized spacial score (nSPS) is 12.4. The van der Waals surface area contributed by atoms with Crippen LogP contribution in [0, 0.1) is 0 Å². The Bertz CT molecular complexity index is 2490. The average Bonchev–Trinajstić information content (AvgIpc) is 3.34. The minimum atomic E-state index is -4.33. The molecule has 0 bridgehead atoms. The monoisotopic (exact) mass is 856 g/mol. The van der Waals surface area contributed by atoms with Gasteiger partial charge in [-0.25, -0.2) is 0 Å². The molecule has 63 heavy (non-hydrogen) atoms. The van der Waals surface area contributed by atoms with Gasteiger partial charge in [0.05, 0.1) is 0 Å². The van der Waals surface area contributed by atoms with E-state index < -0.39 is 6.83 Å². The minimum absolute atomic E-state index is 0.160. The van der Waals surface area contributed by atoms with Crippen LogP contribution in [0.25, 0.3) is 0 Å². The van der Waals surface area contributed by atoms with Gasteiger partial charge in [-0.05, 0) is 0 Å². The second kappa shape index (κ2) is 17.9. The van der Waals surface area contributed by atoms with Crippen molar-refractivity contribution in [3.05, 3.63) is 216 Å². The maximum absolute atomic E-state index is 10.4. The first-order chi connectivity index (χ1) is 30.7. The van der Waals surface area contributed by atoms with Gasteiger partial charge in [-0.1, -0.05) is 0 Å². The number of benzene rings is 8. The van der Waals surface area contributed by atoms with Gasteiger partial charge in [-0.15, -0.1) is 0 Å². The molecule has 3 N–H and O–H groups in total. The van der Waals surface area contributed by atoms with E-state index >= 15 is 0 Å². The first kappa shape index (κ1) is 42.3. The van der Waals surface area contributed by atoms with Gasteiger partial charge in [0.2, 0.25) is 0 Å². The molecule has 9 heteroatoms. The van der Waals surface area contributed by atoms with Crippen LogP contribution in [-0.4, -0.2) is 43.8 Å². The Kier molecular flexibility index (Phi) is 12.0. The molecule has 8 aromatic carbocycles. The van der Waals surface area contributed by atoms with Crippen LogP contribution in [0.3, 0.4) is 0 Å². The van der Waals surface area contributed by atoms with E-state index in [9.17, 15) is 15.3 Å². The predicted octanol–water partition coefficient (Wildman–Crippen LogP) is 9.95. The Morgan fingerprint density at radius 3 is 0.714 bits per heavy atom. The number of ether oxygens (including phenoxy) is 4. The molecule has 0 aliphatic rings. The second-order valence-corrected chi connectivity index (χ2v) is 19.5. The zero-order chi connectivity index (χ0) is 44.0. The summed E-state index contributed by atoms with van der Waals surface area (Å²) >= 11 is 0. The number of phenolic OH excluding ortho intramolecular Hbond substituents is 3. The first-order valence-electron chi connectivity index (χ1n) is 20.5. The van der Waals surface area contributed by atoms with E-state index in [1.807, 2.05) is 97.1 Å². The summed E-state index contributed by atoms with van der Waals surface area (Å²) in [6.45, 7) is -4.33. The zero-order valence-electron chi connectivity index (χ0n) is 35.5. The fourth-order valence-electron chi connectivity index (χ4n) is 8.72. The molecule has 0 spiro atoms. The molecule has 0 aromatic heterocycles. The van der Waals surface area contributed by atoms with Crippen LogP contribution < -0.4 is 44.7 Å². The van der Waals surface area contributed by atoms with Crippen molar-refractivity contribution in [2.45, 2.75) is 11.8 Å². The van der Waals surface area contributed by atoms with Crippen molar-refractivity contribution < 1.29 is 38.8 Å². The predicted molar refractivity (Wildman–Crippen MR) is 253 cm³/mol. The molecule has 0 aliphatic heterocycles. The second-order valence-electron chi connectivity index (χ2n) is 15.2. The molecule has 0 saturated heterocycles. The summed E-state index contributed by atoms with van der Waals surface area (Å²) in [5, 5.41) is 34.8. The average molecular weight is 857 g/mol. The van der Waals surface area contributed by atoms with Crippen molar-refractivity contribution in [2.75, 3.05) is 28.4 Å².